The van der Waals surface area contributed by atoms with E-state index >= 15 is 0 Å². The van der Waals surface area contributed by atoms with E-state index in [1.807, 2.05) is 0 Å². The van der Waals surface area contributed by atoms with Gasteiger partial charge in [-0.1, -0.05) is 30.3 Å². The summed E-state index contributed by atoms with van der Waals surface area (Å²) in [6.07, 6.45) is -0.116. The standard InChI is InChI=1S/C21H22F2N2O4/c1-13(26)24-18(11-14-6-5-8-16(22)10-14)20(27)25-19(21(28)29-2)12-15-7-3-4-9-17(15)23/h3-10,18-19H,11-12H2,1-2H3,(H,24,26)(H,25,27)/t18-,19-/m1/s1. The van der Waals surface area contributed by atoms with Crippen molar-refractivity contribution in [3.05, 3.63) is 71.3 Å². The maximum absolute atomic E-state index is 14.0. The number of amides is 2. The van der Waals surface area contributed by atoms with Gasteiger partial charge < -0.3 is 15.4 Å². The molecule has 2 atom stereocenters. The van der Waals surface area contributed by atoms with Crippen molar-refractivity contribution in [1.29, 1.82) is 0 Å². The summed E-state index contributed by atoms with van der Waals surface area (Å²) in [6.45, 7) is 1.24. The predicted molar refractivity (Wildman–Crippen MR) is 102 cm³/mol. The molecule has 0 saturated carbocycles. The lowest BCUT2D eigenvalue weighted by molar-refractivity contribution is -0.145. The largest absolute Gasteiger partial charge is 0.467 e. The van der Waals surface area contributed by atoms with Crippen LogP contribution >= 0.6 is 0 Å². The molecule has 2 aromatic rings. The van der Waals surface area contributed by atoms with Crippen molar-refractivity contribution in [3.8, 4) is 0 Å². The van der Waals surface area contributed by atoms with Crippen molar-refractivity contribution in [2.45, 2.75) is 31.8 Å². The van der Waals surface area contributed by atoms with Gasteiger partial charge in [-0.05, 0) is 29.3 Å². The molecule has 8 heteroatoms. The molecule has 0 fully saturated rings. The highest BCUT2D eigenvalue weighted by Gasteiger charge is 2.28. The first-order valence-corrected chi connectivity index (χ1v) is 8.93. The summed E-state index contributed by atoms with van der Waals surface area (Å²) in [7, 11) is 1.15. The van der Waals surface area contributed by atoms with Gasteiger partial charge in [-0.25, -0.2) is 13.6 Å². The van der Waals surface area contributed by atoms with Crippen LogP contribution in [-0.2, 0) is 32.0 Å². The summed E-state index contributed by atoms with van der Waals surface area (Å²) in [5.41, 5.74) is 0.715. The molecule has 0 spiro atoms. The van der Waals surface area contributed by atoms with Gasteiger partial charge in [-0.2, -0.15) is 0 Å². The third kappa shape index (κ3) is 6.67. The van der Waals surface area contributed by atoms with Crippen molar-refractivity contribution < 1.29 is 27.9 Å². The molecule has 0 heterocycles. The van der Waals surface area contributed by atoms with Gasteiger partial charge in [0.1, 0.15) is 23.7 Å². The molecule has 0 aliphatic rings. The first kappa shape index (κ1) is 22.0. The molecule has 0 saturated heterocycles. The lowest BCUT2D eigenvalue weighted by atomic mass is 10.0. The van der Waals surface area contributed by atoms with Gasteiger partial charge in [0.25, 0.3) is 0 Å². The highest BCUT2D eigenvalue weighted by Crippen LogP contribution is 2.11. The molecule has 2 N–H and O–H groups in total. The molecule has 0 radical (unpaired) electrons. The molecule has 0 aliphatic heterocycles. The van der Waals surface area contributed by atoms with Crippen LogP contribution in [0.25, 0.3) is 0 Å². The summed E-state index contributed by atoms with van der Waals surface area (Å²) in [5, 5.41) is 4.98. The summed E-state index contributed by atoms with van der Waals surface area (Å²) in [4.78, 5) is 36.4. The molecule has 29 heavy (non-hydrogen) atoms. The van der Waals surface area contributed by atoms with E-state index in [4.69, 9.17) is 4.74 Å². The first-order valence-electron chi connectivity index (χ1n) is 8.93. The Morgan fingerprint density at radius 2 is 1.69 bits per heavy atom. The second-order valence-electron chi connectivity index (χ2n) is 6.47. The molecule has 2 amide bonds. The van der Waals surface area contributed by atoms with E-state index in [9.17, 15) is 23.2 Å². The fraction of sp³-hybridized carbons (Fsp3) is 0.286. The van der Waals surface area contributed by atoms with Crippen LogP contribution in [0.15, 0.2) is 48.5 Å². The quantitative estimate of drug-likeness (QED) is 0.659. The third-order valence-electron chi connectivity index (χ3n) is 4.21. The van der Waals surface area contributed by atoms with Gasteiger partial charge in [-0.15, -0.1) is 0 Å². The molecule has 0 aliphatic carbocycles. The van der Waals surface area contributed by atoms with Gasteiger partial charge in [0, 0.05) is 19.8 Å². The van der Waals surface area contributed by atoms with Crippen LogP contribution in [0.4, 0.5) is 8.78 Å². The summed E-state index contributed by atoms with van der Waals surface area (Å²) >= 11 is 0. The number of hydrogen-bond donors (Lipinski definition) is 2. The molecular weight excluding hydrogens is 382 g/mol. The van der Waals surface area contributed by atoms with Crippen LogP contribution in [-0.4, -0.2) is 37.0 Å². The molecular formula is C21H22F2N2O4. The number of nitrogens with one attached hydrogen (secondary N) is 2. The topological polar surface area (TPSA) is 84.5 Å². The summed E-state index contributed by atoms with van der Waals surface area (Å²) in [5.74, 6) is -2.89. The van der Waals surface area contributed by atoms with E-state index in [0.717, 1.165) is 7.11 Å². The minimum atomic E-state index is -1.16. The van der Waals surface area contributed by atoms with E-state index in [1.165, 1.54) is 43.3 Å². The number of esters is 1. The Labute approximate surface area is 167 Å². The van der Waals surface area contributed by atoms with Crippen LogP contribution in [0.1, 0.15) is 18.1 Å². The number of ether oxygens (including phenoxy) is 1. The Balaban J connectivity index is 2.19. The Hall–Kier alpha value is -3.29. The van der Waals surface area contributed by atoms with E-state index in [2.05, 4.69) is 10.6 Å². The zero-order valence-corrected chi connectivity index (χ0v) is 16.1. The number of halogens is 2. The van der Waals surface area contributed by atoms with Gasteiger partial charge in [0.15, 0.2) is 0 Å². The second-order valence-corrected chi connectivity index (χ2v) is 6.47. The Bertz CT molecular complexity index is 888. The normalized spacial score (nSPS) is 12.6. The Kier molecular flexibility index (Phi) is 7.82. The molecule has 0 unspecified atom stereocenters. The van der Waals surface area contributed by atoms with E-state index < -0.39 is 41.5 Å². The zero-order valence-electron chi connectivity index (χ0n) is 16.1. The lowest BCUT2D eigenvalue weighted by Crippen LogP contribution is -2.53. The zero-order chi connectivity index (χ0) is 21.4. The van der Waals surface area contributed by atoms with Gasteiger partial charge in [0.2, 0.25) is 11.8 Å². The molecule has 0 aromatic heterocycles. The van der Waals surface area contributed by atoms with E-state index in [0.29, 0.717) is 5.56 Å². The van der Waals surface area contributed by atoms with Crippen LogP contribution in [0, 0.1) is 11.6 Å². The second kappa shape index (κ2) is 10.3. The van der Waals surface area contributed by atoms with Crippen LogP contribution < -0.4 is 10.6 Å². The third-order valence-corrected chi connectivity index (χ3v) is 4.21. The highest BCUT2D eigenvalue weighted by atomic mass is 19.1. The SMILES string of the molecule is COC(=O)[C@@H](Cc1ccccc1F)NC(=O)[C@@H](Cc1cccc(F)c1)NC(C)=O. The Morgan fingerprint density at radius 3 is 2.31 bits per heavy atom. The average molecular weight is 404 g/mol. The van der Waals surface area contributed by atoms with Gasteiger partial charge in [0.05, 0.1) is 7.11 Å². The maximum Gasteiger partial charge on any atom is 0.328 e. The summed E-state index contributed by atoms with van der Waals surface area (Å²) in [6, 6.07) is 9.26. The number of hydrogen-bond acceptors (Lipinski definition) is 4. The fourth-order valence-electron chi connectivity index (χ4n) is 2.85. The minimum absolute atomic E-state index is 0.0107. The highest BCUT2D eigenvalue weighted by molar-refractivity contribution is 5.90. The first-order chi connectivity index (χ1) is 13.8. The lowest BCUT2D eigenvalue weighted by Gasteiger charge is -2.22. The minimum Gasteiger partial charge on any atom is -0.467 e. The van der Waals surface area contributed by atoms with E-state index in [1.54, 1.807) is 12.1 Å². The monoisotopic (exact) mass is 404 g/mol. The van der Waals surface area contributed by atoms with Crippen LogP contribution in [0.2, 0.25) is 0 Å². The molecule has 154 valence electrons. The van der Waals surface area contributed by atoms with Crippen molar-refractivity contribution in [2.75, 3.05) is 7.11 Å². The molecule has 0 bridgehead atoms. The number of methoxy groups -OCH3 is 1. The molecule has 2 rings (SSSR count). The van der Waals surface area contributed by atoms with Crippen molar-refractivity contribution in [3.63, 3.8) is 0 Å². The number of rotatable bonds is 8. The van der Waals surface area contributed by atoms with Crippen molar-refractivity contribution in [2.24, 2.45) is 0 Å². The molecule has 2 aromatic carbocycles. The number of carbonyl (C=O) groups excluding carboxylic acids is 3. The number of benzene rings is 2. The average Bonchev–Trinajstić information content (AvgIpc) is 2.67. The fourth-order valence-corrected chi connectivity index (χ4v) is 2.85. The Morgan fingerprint density at radius 1 is 0.966 bits per heavy atom. The van der Waals surface area contributed by atoms with Gasteiger partial charge >= 0.3 is 5.97 Å². The number of carbonyl (C=O) groups is 3. The smallest absolute Gasteiger partial charge is 0.328 e. The maximum atomic E-state index is 14.0. The van der Waals surface area contributed by atoms with E-state index in [-0.39, 0.29) is 18.4 Å². The van der Waals surface area contributed by atoms with Crippen molar-refractivity contribution in [1.82, 2.24) is 10.6 Å². The van der Waals surface area contributed by atoms with Crippen LogP contribution in [0.3, 0.4) is 0 Å². The summed E-state index contributed by atoms with van der Waals surface area (Å²) < 4.78 is 32.1. The van der Waals surface area contributed by atoms with Crippen LogP contribution in [0.5, 0.6) is 0 Å². The van der Waals surface area contributed by atoms with Gasteiger partial charge in [-0.3, -0.25) is 9.59 Å². The molecule has 6 nitrogen and oxygen atoms in total. The van der Waals surface area contributed by atoms with Crippen molar-refractivity contribution >= 4 is 17.8 Å². The predicted octanol–water partition coefficient (Wildman–Crippen LogP) is 1.91.